The molecule has 3 rings (SSSR count). The van der Waals surface area contributed by atoms with Gasteiger partial charge in [-0.25, -0.2) is 4.79 Å². The van der Waals surface area contributed by atoms with Crippen molar-refractivity contribution in [1.29, 1.82) is 0 Å². The molecule has 0 bridgehead atoms. The number of phenols is 2. The van der Waals surface area contributed by atoms with Crippen LogP contribution in [-0.4, -0.2) is 32.6 Å². The quantitative estimate of drug-likeness (QED) is 0.206. The van der Waals surface area contributed by atoms with Gasteiger partial charge in [-0.05, 0) is 54.7 Å². The molecule has 0 radical (unpaired) electrons. The number of aromatic hydroxyl groups is 2. The monoisotopic (exact) mass is 528 g/mol. The van der Waals surface area contributed by atoms with Crippen molar-refractivity contribution in [2.24, 2.45) is 10.9 Å². The summed E-state index contributed by atoms with van der Waals surface area (Å²) in [6, 6.07) is 20.2. The van der Waals surface area contributed by atoms with E-state index in [-0.39, 0.29) is 28.9 Å². The Balaban J connectivity index is 0.000000346. The van der Waals surface area contributed by atoms with Gasteiger partial charge >= 0.3 is 27.0 Å². The van der Waals surface area contributed by atoms with E-state index in [4.69, 9.17) is 8.78 Å². The summed E-state index contributed by atoms with van der Waals surface area (Å²) < 4.78 is 8.19. The van der Waals surface area contributed by atoms with E-state index in [1.165, 1.54) is 30.5 Å². The van der Waals surface area contributed by atoms with Crippen LogP contribution in [0.2, 0.25) is 0 Å². The molecular formula is C28H31NO6V. The number of nitrogens with zero attached hydrogens (tertiary/aromatic N) is 1. The van der Waals surface area contributed by atoms with Crippen LogP contribution in [0.1, 0.15) is 54.3 Å². The van der Waals surface area contributed by atoms with Crippen LogP contribution in [0.3, 0.4) is 0 Å². The number of carbonyl (C=O) groups is 1. The number of para-hydroxylation sites is 1. The van der Waals surface area contributed by atoms with Crippen molar-refractivity contribution in [1.82, 2.24) is 0 Å². The number of carboxylic acids is 1. The average molecular weight is 529 g/mol. The van der Waals surface area contributed by atoms with Crippen LogP contribution in [0.4, 0.5) is 5.69 Å². The standard InChI is InChI=1S/C14H11NO4.C14H20O.O.V/c16-12-4-2-1-3-10(12)8-15-11-7-9(14(18)19)5-6-13(11)17;1-12(2)8-6-7-11-14(15)13-9-4-3-5-10-13;;/h1-8,16-17H,(H,18,19);3-6,8-10,12,14-15H,7,11H2,1-2H3;;/b;8-6+;;. The van der Waals surface area contributed by atoms with E-state index in [0.29, 0.717) is 11.5 Å². The fraction of sp³-hybridized carbons (Fsp3) is 0.214. The van der Waals surface area contributed by atoms with Gasteiger partial charge in [-0.15, -0.1) is 0 Å². The van der Waals surface area contributed by atoms with Gasteiger partial charge < -0.3 is 20.4 Å². The van der Waals surface area contributed by atoms with Crippen LogP contribution in [0.25, 0.3) is 0 Å². The van der Waals surface area contributed by atoms with E-state index in [0.717, 1.165) is 35.8 Å². The van der Waals surface area contributed by atoms with Gasteiger partial charge in [-0.3, -0.25) is 4.99 Å². The molecule has 0 saturated heterocycles. The molecule has 3 aromatic carbocycles. The fourth-order valence-electron chi connectivity index (χ4n) is 2.96. The number of aliphatic hydroxyl groups excluding tert-OH is 1. The number of phenolic OH excluding ortho intramolecular Hbond substituents is 2. The molecule has 189 valence electrons. The molecule has 0 heterocycles. The molecule has 0 fully saturated rings. The molecule has 0 aliphatic carbocycles. The Hall–Kier alpha value is -3.52. The van der Waals surface area contributed by atoms with E-state index < -0.39 is 5.97 Å². The third kappa shape index (κ3) is 11.3. The molecule has 1 atom stereocenters. The van der Waals surface area contributed by atoms with Crippen molar-refractivity contribution >= 4 is 17.9 Å². The Kier molecular flexibility index (Phi) is 14.4. The van der Waals surface area contributed by atoms with Gasteiger partial charge in [-0.2, -0.15) is 0 Å². The van der Waals surface area contributed by atoms with Gasteiger partial charge in [0.05, 0.1) is 11.7 Å². The number of benzene rings is 3. The Bertz CT molecular complexity index is 1130. The molecule has 0 saturated carbocycles. The molecule has 8 heteroatoms. The number of aliphatic imine (C=N–C) groups is 1. The Morgan fingerprint density at radius 3 is 2.19 bits per heavy atom. The van der Waals surface area contributed by atoms with Crippen LogP contribution < -0.4 is 0 Å². The van der Waals surface area contributed by atoms with Gasteiger partial charge in [0, 0.05) is 11.8 Å². The number of rotatable bonds is 8. The normalized spacial score (nSPS) is 11.4. The minimum absolute atomic E-state index is 0.0298. The average Bonchev–Trinajstić information content (AvgIpc) is 2.88. The summed E-state index contributed by atoms with van der Waals surface area (Å²) in [5, 5.41) is 37.9. The van der Waals surface area contributed by atoms with Crippen LogP contribution >= 0.6 is 0 Å². The second-order valence-electron chi connectivity index (χ2n) is 8.00. The summed E-state index contributed by atoms with van der Waals surface area (Å²) in [6.07, 6.45) is 7.09. The molecule has 4 N–H and O–H groups in total. The zero-order chi connectivity index (χ0) is 26.9. The molecule has 0 aromatic heterocycles. The van der Waals surface area contributed by atoms with E-state index in [9.17, 15) is 20.1 Å². The van der Waals surface area contributed by atoms with E-state index in [1.54, 1.807) is 18.2 Å². The number of allylic oxidation sites excluding steroid dienone is 2. The Morgan fingerprint density at radius 1 is 0.944 bits per heavy atom. The molecule has 36 heavy (non-hydrogen) atoms. The van der Waals surface area contributed by atoms with E-state index in [1.807, 2.05) is 30.3 Å². The van der Waals surface area contributed by atoms with Crippen molar-refractivity contribution in [3.8, 4) is 11.5 Å². The maximum absolute atomic E-state index is 10.8. The zero-order valence-electron chi connectivity index (χ0n) is 20.2. The van der Waals surface area contributed by atoms with Gasteiger partial charge in [-0.1, -0.05) is 68.5 Å². The van der Waals surface area contributed by atoms with Crippen molar-refractivity contribution in [3.05, 3.63) is 102 Å². The van der Waals surface area contributed by atoms with Gasteiger partial charge in [0.2, 0.25) is 0 Å². The predicted molar refractivity (Wildman–Crippen MR) is 136 cm³/mol. The van der Waals surface area contributed by atoms with E-state index >= 15 is 0 Å². The first-order valence-corrected chi connectivity index (χ1v) is 11.8. The summed E-state index contributed by atoms with van der Waals surface area (Å²) in [7, 11) is 0. The molecule has 0 aliphatic rings. The second-order valence-corrected chi connectivity index (χ2v) is 8.00. The number of aromatic carboxylic acids is 1. The second kappa shape index (κ2) is 17.0. The number of carboxylic acid groups (broad SMARTS) is 1. The van der Waals surface area contributed by atoms with Crippen LogP contribution in [0, 0.1) is 5.92 Å². The summed E-state index contributed by atoms with van der Waals surface area (Å²) in [6.45, 7) is 4.31. The fourth-order valence-corrected chi connectivity index (χ4v) is 2.96. The third-order valence-electron chi connectivity index (χ3n) is 4.81. The number of hydrogen-bond acceptors (Lipinski definition) is 6. The maximum atomic E-state index is 10.8. The number of hydrogen-bond donors (Lipinski definition) is 4. The summed E-state index contributed by atoms with van der Waals surface area (Å²) in [5.74, 6) is -0.574. The predicted octanol–water partition coefficient (Wildman–Crippen LogP) is 6.14. The minimum atomic E-state index is -1.10. The third-order valence-corrected chi connectivity index (χ3v) is 4.81. The van der Waals surface area contributed by atoms with Gasteiger partial charge in [0.25, 0.3) is 0 Å². The van der Waals surface area contributed by atoms with Crippen molar-refractivity contribution < 1.29 is 46.3 Å². The molecule has 3 aromatic rings. The number of aliphatic hydroxyl groups is 1. The van der Waals surface area contributed by atoms with Gasteiger partial charge in [0.15, 0.2) is 0 Å². The Labute approximate surface area is 220 Å². The molecule has 7 nitrogen and oxygen atoms in total. The first-order chi connectivity index (χ1) is 17.3. The molecule has 0 spiro atoms. The van der Waals surface area contributed by atoms with E-state index in [2.05, 4.69) is 31.0 Å². The SMILES string of the molecule is CC(C)/C=C/CCC(O)c1ccccc1.O=C(O)c1ccc(O)c(N=Cc2ccccc2O)c1.[O]=[V]. The topological polar surface area (TPSA) is 127 Å². The zero-order valence-corrected chi connectivity index (χ0v) is 21.6. The van der Waals surface area contributed by atoms with Crippen LogP contribution in [-0.2, 0) is 21.0 Å². The Morgan fingerprint density at radius 2 is 1.58 bits per heavy atom. The van der Waals surface area contributed by atoms with Crippen LogP contribution in [0.5, 0.6) is 11.5 Å². The molecule has 1 unspecified atom stereocenters. The van der Waals surface area contributed by atoms with Gasteiger partial charge in [0.1, 0.15) is 17.2 Å². The first-order valence-electron chi connectivity index (χ1n) is 11.2. The molecule has 0 amide bonds. The van der Waals surface area contributed by atoms with Crippen molar-refractivity contribution in [2.75, 3.05) is 0 Å². The first kappa shape index (κ1) is 30.5. The van der Waals surface area contributed by atoms with Crippen LogP contribution in [0.15, 0.2) is 89.9 Å². The summed E-state index contributed by atoms with van der Waals surface area (Å²) in [4.78, 5) is 14.8. The summed E-state index contributed by atoms with van der Waals surface area (Å²) in [5.41, 5.74) is 1.64. The molecule has 0 aliphatic heterocycles. The summed E-state index contributed by atoms with van der Waals surface area (Å²) >= 11 is 1.06. The van der Waals surface area contributed by atoms with Crippen molar-refractivity contribution in [3.63, 3.8) is 0 Å². The van der Waals surface area contributed by atoms with Crippen molar-refractivity contribution in [2.45, 2.75) is 32.8 Å². The molecular weight excluding hydrogens is 497 g/mol.